The molecule has 0 aliphatic heterocycles. The molecule has 0 N–H and O–H groups in total. The summed E-state index contributed by atoms with van der Waals surface area (Å²) >= 11 is 0. The number of hydrogen-bond acceptors (Lipinski definition) is 6. The van der Waals surface area contributed by atoms with Gasteiger partial charge in [0.2, 0.25) is 0 Å². The van der Waals surface area contributed by atoms with Crippen molar-refractivity contribution in [1.29, 1.82) is 0 Å². The van der Waals surface area contributed by atoms with Gasteiger partial charge in [0, 0.05) is 19.3 Å². The Morgan fingerprint density at radius 3 is 0.836 bits per heavy atom. The van der Waals surface area contributed by atoms with Crippen LogP contribution in [0.15, 0.2) is 109 Å². The van der Waals surface area contributed by atoms with Crippen molar-refractivity contribution in [3.05, 3.63) is 109 Å². The standard InChI is InChI=1S/C67H112O6/c1-4-7-10-13-16-19-22-25-28-30-32-33-35-36-39-42-45-48-51-54-57-60-66(69)72-63-64(62-71-65(68)59-56-53-50-47-44-41-38-27-24-21-18-15-12-9-6-3)73-67(70)61-58-55-52-49-46-43-40-37-34-31-29-26-23-20-17-14-11-8-5-2/h7,10,16-21,25-29,32-34,37-38,64H,4-6,8-9,11-15,22-24,30-31,35-36,39-63H2,1-3H3/b10-7-,19-16-,20-17-,21-18-,28-25-,29-26-,33-32-,37-34-,38-27-. The smallest absolute Gasteiger partial charge is 0.306 e. The first kappa shape index (κ1) is 69.1. The zero-order chi connectivity index (χ0) is 52.9. The van der Waals surface area contributed by atoms with Gasteiger partial charge in [0.15, 0.2) is 6.10 Å². The molecule has 0 fully saturated rings. The quantitative estimate of drug-likeness (QED) is 0.0261. The predicted octanol–water partition coefficient (Wildman–Crippen LogP) is 20.7. The van der Waals surface area contributed by atoms with Crippen LogP contribution in [-0.4, -0.2) is 37.2 Å². The molecule has 0 rings (SSSR count). The maximum atomic E-state index is 12.9. The van der Waals surface area contributed by atoms with Gasteiger partial charge in [0.05, 0.1) is 0 Å². The molecule has 0 aromatic heterocycles. The Morgan fingerprint density at radius 2 is 0.534 bits per heavy atom. The van der Waals surface area contributed by atoms with Crippen LogP contribution in [0.2, 0.25) is 0 Å². The molecule has 0 heterocycles. The van der Waals surface area contributed by atoms with E-state index in [-0.39, 0.29) is 31.1 Å². The first-order valence-corrected chi connectivity index (χ1v) is 30.4. The van der Waals surface area contributed by atoms with Gasteiger partial charge in [0.1, 0.15) is 13.2 Å². The largest absolute Gasteiger partial charge is 0.462 e. The topological polar surface area (TPSA) is 78.9 Å². The van der Waals surface area contributed by atoms with Crippen LogP contribution in [0.5, 0.6) is 0 Å². The second kappa shape index (κ2) is 60.6. The minimum atomic E-state index is -0.798. The zero-order valence-corrected chi connectivity index (χ0v) is 47.6. The molecule has 0 bridgehead atoms. The molecule has 73 heavy (non-hydrogen) atoms. The molecule has 0 saturated heterocycles. The highest BCUT2D eigenvalue weighted by Crippen LogP contribution is 2.15. The molecule has 0 aliphatic carbocycles. The lowest BCUT2D eigenvalue weighted by Gasteiger charge is -2.18. The molecule has 0 amide bonds. The summed E-state index contributed by atoms with van der Waals surface area (Å²) in [4.78, 5) is 38.3. The number of rotatable bonds is 54. The third kappa shape index (κ3) is 58.8. The van der Waals surface area contributed by atoms with E-state index in [1.165, 1.54) is 96.3 Å². The average Bonchev–Trinajstić information content (AvgIpc) is 3.39. The van der Waals surface area contributed by atoms with Crippen LogP contribution in [-0.2, 0) is 28.6 Å². The van der Waals surface area contributed by atoms with Crippen molar-refractivity contribution in [3.63, 3.8) is 0 Å². The van der Waals surface area contributed by atoms with Crippen LogP contribution in [0.25, 0.3) is 0 Å². The maximum Gasteiger partial charge on any atom is 0.306 e. The van der Waals surface area contributed by atoms with E-state index < -0.39 is 6.10 Å². The van der Waals surface area contributed by atoms with Gasteiger partial charge in [-0.3, -0.25) is 14.4 Å². The van der Waals surface area contributed by atoms with Crippen LogP contribution in [0.1, 0.15) is 278 Å². The normalized spacial score (nSPS) is 12.9. The van der Waals surface area contributed by atoms with Gasteiger partial charge in [-0.25, -0.2) is 0 Å². The number of allylic oxidation sites excluding steroid dienone is 18. The van der Waals surface area contributed by atoms with Crippen LogP contribution in [0, 0.1) is 0 Å². The van der Waals surface area contributed by atoms with Crippen molar-refractivity contribution in [3.8, 4) is 0 Å². The number of esters is 3. The van der Waals surface area contributed by atoms with Crippen LogP contribution in [0.3, 0.4) is 0 Å². The van der Waals surface area contributed by atoms with Gasteiger partial charge in [-0.15, -0.1) is 0 Å². The summed E-state index contributed by atoms with van der Waals surface area (Å²) in [7, 11) is 0. The van der Waals surface area contributed by atoms with Gasteiger partial charge >= 0.3 is 17.9 Å². The first-order chi connectivity index (χ1) is 36.0. The highest BCUT2D eigenvalue weighted by Gasteiger charge is 2.19. The van der Waals surface area contributed by atoms with Gasteiger partial charge < -0.3 is 14.2 Å². The van der Waals surface area contributed by atoms with Crippen molar-refractivity contribution < 1.29 is 28.6 Å². The Bertz CT molecular complexity index is 1490. The predicted molar refractivity (Wildman–Crippen MR) is 316 cm³/mol. The number of carbonyl (C=O) groups excluding carboxylic acids is 3. The molecule has 0 aromatic carbocycles. The van der Waals surface area contributed by atoms with Crippen molar-refractivity contribution in [2.45, 2.75) is 284 Å². The molecule has 0 aliphatic rings. The van der Waals surface area contributed by atoms with E-state index >= 15 is 0 Å². The Kier molecular flexibility index (Phi) is 57.4. The molecule has 0 saturated carbocycles. The molecule has 0 spiro atoms. The lowest BCUT2D eigenvalue weighted by atomic mass is 10.1. The summed E-state index contributed by atoms with van der Waals surface area (Å²) in [5.41, 5.74) is 0. The van der Waals surface area contributed by atoms with E-state index in [4.69, 9.17) is 14.2 Å². The minimum absolute atomic E-state index is 0.0935. The number of hydrogen-bond donors (Lipinski definition) is 0. The van der Waals surface area contributed by atoms with E-state index in [0.29, 0.717) is 19.3 Å². The summed E-state index contributed by atoms with van der Waals surface area (Å²) in [6.07, 6.45) is 82.1. The lowest BCUT2D eigenvalue weighted by Crippen LogP contribution is -2.30. The van der Waals surface area contributed by atoms with Crippen LogP contribution >= 0.6 is 0 Å². The zero-order valence-electron chi connectivity index (χ0n) is 47.6. The molecule has 1 unspecified atom stereocenters. The number of ether oxygens (including phenoxy) is 3. The average molecular weight is 1010 g/mol. The van der Waals surface area contributed by atoms with E-state index in [1.807, 2.05) is 0 Å². The fraction of sp³-hybridized carbons (Fsp3) is 0.687. The number of unbranched alkanes of at least 4 members (excludes halogenated alkanes) is 25. The lowest BCUT2D eigenvalue weighted by molar-refractivity contribution is -0.167. The Balaban J connectivity index is 4.44. The van der Waals surface area contributed by atoms with Gasteiger partial charge in [-0.05, 0) is 128 Å². The molecule has 0 aromatic rings. The third-order valence-electron chi connectivity index (χ3n) is 12.7. The van der Waals surface area contributed by atoms with Crippen LogP contribution < -0.4 is 0 Å². The second-order valence-corrected chi connectivity index (χ2v) is 19.9. The fourth-order valence-corrected chi connectivity index (χ4v) is 8.18. The van der Waals surface area contributed by atoms with Gasteiger partial charge in [-0.1, -0.05) is 239 Å². The second-order valence-electron chi connectivity index (χ2n) is 19.9. The minimum Gasteiger partial charge on any atom is -0.462 e. The summed E-state index contributed by atoms with van der Waals surface area (Å²) in [6.45, 7) is 6.46. The molecule has 0 radical (unpaired) electrons. The highest BCUT2D eigenvalue weighted by atomic mass is 16.6. The van der Waals surface area contributed by atoms with Crippen molar-refractivity contribution in [2.24, 2.45) is 0 Å². The first-order valence-electron chi connectivity index (χ1n) is 30.4. The molecular formula is C67H112O6. The highest BCUT2D eigenvalue weighted by molar-refractivity contribution is 5.71. The Labute approximate surface area is 450 Å². The van der Waals surface area contributed by atoms with E-state index in [9.17, 15) is 14.4 Å². The SMILES string of the molecule is CC/C=C\C/C=C\C/C=C\C/C=C\CCCCCCCCCCC(=O)OCC(COC(=O)CCCCCCC/C=C\C/C=C\CCCCC)OC(=O)CCCCCCCC/C=C\C/C=C\C/C=C\CCCCC. The molecular weight excluding hydrogens is 901 g/mol. The van der Waals surface area contributed by atoms with Crippen molar-refractivity contribution in [2.75, 3.05) is 13.2 Å². The van der Waals surface area contributed by atoms with Crippen molar-refractivity contribution in [1.82, 2.24) is 0 Å². The Morgan fingerprint density at radius 1 is 0.288 bits per heavy atom. The van der Waals surface area contributed by atoms with E-state index in [0.717, 1.165) is 141 Å². The Hall–Kier alpha value is -3.93. The summed E-state index contributed by atoms with van der Waals surface area (Å²) in [6, 6.07) is 0. The van der Waals surface area contributed by atoms with E-state index in [2.05, 4.69) is 130 Å². The fourth-order valence-electron chi connectivity index (χ4n) is 8.18. The van der Waals surface area contributed by atoms with E-state index in [1.54, 1.807) is 0 Å². The molecule has 6 nitrogen and oxygen atoms in total. The monoisotopic (exact) mass is 1010 g/mol. The summed E-state index contributed by atoms with van der Waals surface area (Å²) in [5, 5.41) is 0. The van der Waals surface area contributed by atoms with Gasteiger partial charge in [-0.2, -0.15) is 0 Å². The summed E-state index contributed by atoms with van der Waals surface area (Å²) in [5.74, 6) is -0.924. The van der Waals surface area contributed by atoms with Crippen molar-refractivity contribution >= 4 is 17.9 Å². The van der Waals surface area contributed by atoms with Crippen LogP contribution in [0.4, 0.5) is 0 Å². The molecule has 6 heteroatoms. The number of carbonyl (C=O) groups is 3. The maximum absolute atomic E-state index is 12.9. The molecule has 1 atom stereocenters. The summed E-state index contributed by atoms with van der Waals surface area (Å²) < 4.78 is 16.9. The third-order valence-corrected chi connectivity index (χ3v) is 12.7. The molecule has 416 valence electrons. The van der Waals surface area contributed by atoms with Gasteiger partial charge in [0.25, 0.3) is 0 Å².